The van der Waals surface area contributed by atoms with Crippen molar-refractivity contribution in [2.45, 2.75) is 43.0 Å². The van der Waals surface area contributed by atoms with Crippen molar-refractivity contribution >= 4 is 17.7 Å². The lowest BCUT2D eigenvalue weighted by Crippen LogP contribution is -2.29. The van der Waals surface area contributed by atoms with Gasteiger partial charge >= 0.3 is 0 Å². The number of nitrogen functional groups attached to an aromatic ring is 1. The lowest BCUT2D eigenvalue weighted by atomic mass is 9.93. The number of hydrogen-bond donors (Lipinski definition) is 2. The highest BCUT2D eigenvalue weighted by Gasteiger charge is 2.27. The average Bonchev–Trinajstić information content (AvgIpc) is 2.60. The van der Waals surface area contributed by atoms with Crippen molar-refractivity contribution in [2.75, 3.05) is 12.0 Å². The third-order valence-electron chi connectivity index (χ3n) is 2.83. The number of nitrogens with zero attached hydrogens (tertiary/aromatic N) is 3. The van der Waals surface area contributed by atoms with Gasteiger partial charge in [-0.05, 0) is 19.1 Å². The molecule has 0 spiro atoms. The highest BCUT2D eigenvalue weighted by Crippen LogP contribution is 2.30. The average molecular weight is 228 g/mol. The number of thioether (sulfide) groups is 1. The molecule has 1 aromatic rings. The Balaban J connectivity index is 2.23. The maximum atomic E-state index is 9.88. The number of nitrogens with two attached hydrogens (primary N) is 1. The van der Waals surface area contributed by atoms with Gasteiger partial charge in [0.25, 0.3) is 0 Å². The van der Waals surface area contributed by atoms with Crippen LogP contribution in [-0.4, -0.2) is 32.2 Å². The van der Waals surface area contributed by atoms with Crippen molar-refractivity contribution in [3.8, 4) is 0 Å². The first-order valence-corrected chi connectivity index (χ1v) is 6.39. The Hall–Kier alpha value is -0.750. The van der Waals surface area contributed by atoms with Crippen LogP contribution in [0.3, 0.4) is 0 Å². The minimum Gasteiger partial charge on any atom is -0.391 e. The fraction of sp³-hybridized carbons (Fsp3) is 0.778. The molecule has 1 heterocycles. The summed E-state index contributed by atoms with van der Waals surface area (Å²) in [7, 11) is 0. The molecule has 84 valence electrons. The van der Waals surface area contributed by atoms with Crippen LogP contribution in [0.25, 0.3) is 0 Å². The van der Waals surface area contributed by atoms with E-state index < -0.39 is 0 Å². The van der Waals surface area contributed by atoms with Gasteiger partial charge in [0.1, 0.15) is 0 Å². The largest absolute Gasteiger partial charge is 0.391 e. The number of aliphatic hydroxyl groups is 1. The fourth-order valence-electron chi connectivity index (χ4n) is 2.02. The van der Waals surface area contributed by atoms with E-state index in [1.165, 1.54) is 11.8 Å². The van der Waals surface area contributed by atoms with Gasteiger partial charge in [0, 0.05) is 0 Å². The van der Waals surface area contributed by atoms with Crippen LogP contribution in [-0.2, 0) is 0 Å². The van der Waals surface area contributed by atoms with Crippen molar-refractivity contribution in [3.63, 3.8) is 0 Å². The summed E-state index contributed by atoms with van der Waals surface area (Å²) < 4.78 is 1.68. The van der Waals surface area contributed by atoms with Gasteiger partial charge in [0.15, 0.2) is 0 Å². The van der Waals surface area contributed by atoms with E-state index in [1.807, 2.05) is 6.26 Å². The Labute approximate surface area is 93.1 Å². The van der Waals surface area contributed by atoms with E-state index in [4.69, 9.17) is 5.73 Å². The fourth-order valence-corrected chi connectivity index (χ4v) is 2.38. The summed E-state index contributed by atoms with van der Waals surface area (Å²) >= 11 is 1.46. The highest BCUT2D eigenvalue weighted by molar-refractivity contribution is 7.98. The van der Waals surface area contributed by atoms with Crippen LogP contribution < -0.4 is 5.73 Å². The number of rotatable bonds is 2. The number of aromatic nitrogens is 3. The van der Waals surface area contributed by atoms with Crippen LogP contribution in [0.4, 0.5) is 5.95 Å². The summed E-state index contributed by atoms with van der Waals surface area (Å²) in [5.41, 5.74) is 5.77. The van der Waals surface area contributed by atoms with Gasteiger partial charge in [0.2, 0.25) is 11.1 Å². The van der Waals surface area contributed by atoms with Gasteiger partial charge in [-0.25, -0.2) is 4.68 Å². The first kappa shape index (κ1) is 10.8. The van der Waals surface area contributed by atoms with Crippen molar-refractivity contribution in [2.24, 2.45) is 0 Å². The normalized spacial score (nSPS) is 26.8. The topological polar surface area (TPSA) is 77.0 Å². The van der Waals surface area contributed by atoms with Crippen molar-refractivity contribution in [1.82, 2.24) is 14.8 Å². The smallest absolute Gasteiger partial charge is 0.219 e. The van der Waals surface area contributed by atoms with Gasteiger partial charge in [-0.3, -0.25) is 0 Å². The monoisotopic (exact) mass is 228 g/mol. The Morgan fingerprint density at radius 1 is 1.47 bits per heavy atom. The van der Waals surface area contributed by atoms with Crippen molar-refractivity contribution in [1.29, 1.82) is 0 Å². The Bertz CT molecular complexity index is 341. The number of aliphatic hydroxyl groups excluding tert-OH is 1. The van der Waals surface area contributed by atoms with E-state index in [2.05, 4.69) is 10.1 Å². The highest BCUT2D eigenvalue weighted by atomic mass is 32.2. The third-order valence-corrected chi connectivity index (χ3v) is 3.37. The van der Waals surface area contributed by atoms with E-state index in [0.717, 1.165) is 25.7 Å². The molecule has 0 bridgehead atoms. The quantitative estimate of drug-likeness (QED) is 0.740. The molecular weight excluding hydrogens is 212 g/mol. The maximum Gasteiger partial charge on any atom is 0.219 e. The Morgan fingerprint density at radius 2 is 2.20 bits per heavy atom. The molecule has 0 aromatic carbocycles. The zero-order valence-corrected chi connectivity index (χ0v) is 9.57. The van der Waals surface area contributed by atoms with Crippen LogP contribution in [0, 0.1) is 0 Å². The van der Waals surface area contributed by atoms with E-state index in [1.54, 1.807) is 4.68 Å². The molecule has 1 aliphatic carbocycles. The van der Waals surface area contributed by atoms with E-state index in [0.29, 0.717) is 11.1 Å². The van der Waals surface area contributed by atoms with Gasteiger partial charge in [-0.15, -0.1) is 5.10 Å². The molecule has 1 aromatic heterocycles. The zero-order chi connectivity index (χ0) is 10.8. The predicted molar refractivity (Wildman–Crippen MR) is 59.7 cm³/mol. The molecule has 0 saturated heterocycles. The minimum absolute atomic E-state index is 0.00662. The summed E-state index contributed by atoms with van der Waals surface area (Å²) in [6.45, 7) is 0. The molecule has 1 saturated carbocycles. The second kappa shape index (κ2) is 4.40. The number of hydrogen-bond acceptors (Lipinski definition) is 5. The standard InChI is InChI=1S/C9H16N4OS/c1-15-9-11-8(10)13(12-9)6-4-2-3-5-7(6)14/h6-7,14H,2-5H2,1H3,(H2,10,11,12). The van der Waals surface area contributed by atoms with Crippen LogP contribution in [0.5, 0.6) is 0 Å². The molecular formula is C9H16N4OS. The Morgan fingerprint density at radius 3 is 2.80 bits per heavy atom. The van der Waals surface area contributed by atoms with E-state index >= 15 is 0 Å². The summed E-state index contributed by atoms with van der Waals surface area (Å²) in [5, 5.41) is 14.8. The molecule has 0 radical (unpaired) electrons. The van der Waals surface area contributed by atoms with Gasteiger partial charge in [-0.1, -0.05) is 24.6 Å². The van der Waals surface area contributed by atoms with Gasteiger partial charge < -0.3 is 10.8 Å². The van der Waals surface area contributed by atoms with Crippen molar-refractivity contribution < 1.29 is 5.11 Å². The molecule has 6 heteroatoms. The van der Waals surface area contributed by atoms with Crippen molar-refractivity contribution in [3.05, 3.63) is 0 Å². The second-order valence-corrected chi connectivity index (χ2v) is 4.59. The molecule has 1 fully saturated rings. The predicted octanol–water partition coefficient (Wildman–Crippen LogP) is 1.06. The van der Waals surface area contributed by atoms with Crippen LogP contribution in [0.2, 0.25) is 0 Å². The first-order valence-electron chi connectivity index (χ1n) is 5.16. The summed E-state index contributed by atoms with van der Waals surface area (Å²) in [4.78, 5) is 4.12. The SMILES string of the molecule is CSc1nc(N)n(C2CCCCC2O)n1. The van der Waals surface area contributed by atoms with Crippen LogP contribution in [0.15, 0.2) is 5.16 Å². The molecule has 0 aliphatic heterocycles. The van der Waals surface area contributed by atoms with Gasteiger partial charge in [0.05, 0.1) is 12.1 Å². The Kier molecular flexibility index (Phi) is 3.16. The summed E-state index contributed by atoms with van der Waals surface area (Å²) in [6.07, 6.45) is 5.55. The molecule has 1 aliphatic rings. The molecule has 2 atom stereocenters. The van der Waals surface area contributed by atoms with Crippen LogP contribution in [0.1, 0.15) is 31.7 Å². The molecule has 3 N–H and O–H groups in total. The number of anilines is 1. The zero-order valence-electron chi connectivity index (χ0n) is 8.76. The van der Waals surface area contributed by atoms with Gasteiger partial charge in [-0.2, -0.15) is 4.98 Å². The first-order chi connectivity index (χ1) is 7.22. The van der Waals surface area contributed by atoms with E-state index in [9.17, 15) is 5.11 Å². The second-order valence-electron chi connectivity index (χ2n) is 3.82. The molecule has 2 rings (SSSR count). The minimum atomic E-state index is -0.336. The molecule has 0 amide bonds. The summed E-state index contributed by atoms with van der Waals surface area (Å²) in [6, 6.07) is 0.00662. The summed E-state index contributed by atoms with van der Waals surface area (Å²) in [5.74, 6) is 0.408. The molecule has 5 nitrogen and oxygen atoms in total. The molecule has 15 heavy (non-hydrogen) atoms. The van der Waals surface area contributed by atoms with E-state index in [-0.39, 0.29) is 12.1 Å². The third kappa shape index (κ3) is 2.10. The lowest BCUT2D eigenvalue weighted by molar-refractivity contribution is 0.0699. The van der Waals surface area contributed by atoms with Crippen LogP contribution >= 0.6 is 11.8 Å². The molecule has 2 unspecified atom stereocenters. The maximum absolute atomic E-state index is 9.88. The lowest BCUT2D eigenvalue weighted by Gasteiger charge is -2.27.